The summed E-state index contributed by atoms with van der Waals surface area (Å²) in [5.74, 6) is 0.780. The van der Waals surface area contributed by atoms with Gasteiger partial charge in [-0.1, -0.05) is 29.8 Å². The molecule has 180 valence electrons. The van der Waals surface area contributed by atoms with Crippen molar-refractivity contribution in [3.8, 4) is 5.75 Å². The first kappa shape index (κ1) is 24.4. The van der Waals surface area contributed by atoms with Gasteiger partial charge in [-0.15, -0.1) is 0 Å². The molecule has 0 aliphatic carbocycles. The van der Waals surface area contributed by atoms with Crippen molar-refractivity contribution in [3.05, 3.63) is 64.2 Å². The molecule has 2 saturated heterocycles. The van der Waals surface area contributed by atoms with Gasteiger partial charge in [-0.3, -0.25) is 4.90 Å². The topological polar surface area (TPSA) is 112 Å². The van der Waals surface area contributed by atoms with Crippen LogP contribution < -0.4 is 4.74 Å². The summed E-state index contributed by atoms with van der Waals surface area (Å²) in [5, 5.41) is 41.0. The number of ether oxygens (including phenoxy) is 3. The summed E-state index contributed by atoms with van der Waals surface area (Å²) < 4.78 is 16.6. The van der Waals surface area contributed by atoms with Crippen molar-refractivity contribution >= 4 is 11.6 Å². The van der Waals surface area contributed by atoms with E-state index in [2.05, 4.69) is 4.90 Å². The fraction of sp³-hybridized carbons (Fsp3) is 0.500. The quantitative estimate of drug-likeness (QED) is 0.494. The van der Waals surface area contributed by atoms with Crippen molar-refractivity contribution in [2.45, 2.75) is 43.7 Å². The van der Waals surface area contributed by atoms with Crippen molar-refractivity contribution in [1.29, 1.82) is 0 Å². The molecule has 6 atom stereocenters. The van der Waals surface area contributed by atoms with Crippen LogP contribution >= 0.6 is 11.6 Å². The van der Waals surface area contributed by atoms with E-state index in [9.17, 15) is 20.4 Å². The van der Waals surface area contributed by atoms with E-state index in [4.69, 9.17) is 25.8 Å². The molecule has 0 radical (unpaired) electrons. The molecule has 4 N–H and O–H groups in total. The second kappa shape index (κ2) is 10.7. The highest BCUT2D eigenvalue weighted by Crippen LogP contribution is 2.39. The first-order chi connectivity index (χ1) is 15.9. The maximum Gasteiger partial charge on any atom is 0.184 e. The lowest BCUT2D eigenvalue weighted by atomic mass is 9.90. The molecule has 2 aliphatic heterocycles. The van der Waals surface area contributed by atoms with E-state index >= 15 is 0 Å². The molecule has 8 nitrogen and oxygen atoms in total. The second-order valence-electron chi connectivity index (χ2n) is 8.25. The summed E-state index contributed by atoms with van der Waals surface area (Å²) in [7, 11) is 0. The molecular formula is C24H30ClNO7. The van der Waals surface area contributed by atoms with Gasteiger partial charge in [0, 0.05) is 18.1 Å². The van der Waals surface area contributed by atoms with E-state index in [1.54, 1.807) is 12.1 Å². The number of nitrogens with zero attached hydrogens (tertiary/aromatic N) is 1. The molecule has 2 aromatic rings. The number of hydrogen-bond acceptors (Lipinski definition) is 8. The number of hydrogen-bond donors (Lipinski definition) is 4. The summed E-state index contributed by atoms with van der Waals surface area (Å²) in [4.78, 5) is 2.27. The first-order valence-electron chi connectivity index (χ1n) is 11.1. The summed E-state index contributed by atoms with van der Waals surface area (Å²) >= 11 is 6.67. The molecule has 9 heteroatoms. The summed E-state index contributed by atoms with van der Waals surface area (Å²) in [6.07, 6.45) is -7.19. The van der Waals surface area contributed by atoms with E-state index in [1.807, 2.05) is 37.3 Å². The molecular weight excluding hydrogens is 450 g/mol. The Morgan fingerprint density at radius 3 is 2.36 bits per heavy atom. The highest BCUT2D eigenvalue weighted by atomic mass is 35.5. The molecule has 4 rings (SSSR count). The third-order valence-electron chi connectivity index (χ3n) is 6.15. The third-order valence-corrected chi connectivity index (χ3v) is 6.49. The normalized spacial score (nSPS) is 29.6. The highest BCUT2D eigenvalue weighted by molar-refractivity contribution is 6.31. The molecule has 0 bridgehead atoms. The van der Waals surface area contributed by atoms with Crippen LogP contribution in [-0.2, 0) is 9.47 Å². The van der Waals surface area contributed by atoms with Crippen LogP contribution in [0.5, 0.6) is 5.75 Å². The van der Waals surface area contributed by atoms with Gasteiger partial charge in [0.25, 0.3) is 0 Å². The van der Waals surface area contributed by atoms with Crippen molar-refractivity contribution in [3.63, 3.8) is 0 Å². The Kier molecular flexibility index (Phi) is 7.88. The minimum absolute atomic E-state index is 0.196. The summed E-state index contributed by atoms with van der Waals surface area (Å²) in [6, 6.07) is 12.9. The van der Waals surface area contributed by atoms with Crippen LogP contribution in [0.25, 0.3) is 0 Å². The first-order valence-corrected chi connectivity index (χ1v) is 11.5. The molecule has 2 fully saturated rings. The van der Waals surface area contributed by atoms with E-state index in [0.29, 0.717) is 43.5 Å². The highest BCUT2D eigenvalue weighted by Gasteiger charge is 2.44. The van der Waals surface area contributed by atoms with Gasteiger partial charge < -0.3 is 34.6 Å². The van der Waals surface area contributed by atoms with Crippen LogP contribution in [0.4, 0.5) is 0 Å². The Balaban J connectivity index is 1.72. The standard InChI is InChI=1S/C24H30ClNO7/c1-2-32-16-6-3-14(4-7-16)19(26-9-11-31-12-10-26)17-13-15(5-8-18(17)25)23-21(28)20(27)22(29)24(30)33-23/h3-8,13,19-24,27-30H,2,9-12H2,1H3/t19?,20-,21-,22+,23+,24+/m1/s1. The van der Waals surface area contributed by atoms with Crippen molar-refractivity contribution in [2.75, 3.05) is 32.9 Å². The van der Waals surface area contributed by atoms with Crippen LogP contribution in [0.2, 0.25) is 5.02 Å². The lowest BCUT2D eigenvalue weighted by molar-refractivity contribution is -0.284. The Labute approximate surface area is 197 Å². The van der Waals surface area contributed by atoms with Crippen molar-refractivity contribution < 1.29 is 34.6 Å². The Morgan fingerprint density at radius 1 is 1.00 bits per heavy atom. The van der Waals surface area contributed by atoms with Gasteiger partial charge in [0.15, 0.2) is 6.29 Å². The second-order valence-corrected chi connectivity index (χ2v) is 8.66. The predicted molar refractivity (Wildman–Crippen MR) is 121 cm³/mol. The predicted octanol–water partition coefficient (Wildman–Crippen LogP) is 1.63. The van der Waals surface area contributed by atoms with E-state index in [-0.39, 0.29) is 6.04 Å². The fourth-order valence-electron chi connectivity index (χ4n) is 4.42. The molecule has 2 heterocycles. The largest absolute Gasteiger partial charge is 0.494 e. The maximum atomic E-state index is 10.5. The zero-order valence-corrected chi connectivity index (χ0v) is 19.1. The molecule has 2 aliphatic rings. The lowest BCUT2D eigenvalue weighted by Crippen LogP contribution is -2.54. The minimum Gasteiger partial charge on any atom is -0.494 e. The third kappa shape index (κ3) is 5.18. The number of aliphatic hydroxyl groups is 4. The Morgan fingerprint density at radius 2 is 1.70 bits per heavy atom. The smallest absolute Gasteiger partial charge is 0.184 e. The maximum absolute atomic E-state index is 10.5. The number of morpholine rings is 1. The molecule has 1 unspecified atom stereocenters. The molecule has 2 aromatic carbocycles. The minimum atomic E-state index is -1.62. The van der Waals surface area contributed by atoms with Gasteiger partial charge in [-0.2, -0.15) is 0 Å². The number of rotatable bonds is 6. The number of aliphatic hydroxyl groups excluding tert-OH is 4. The van der Waals surface area contributed by atoms with E-state index in [1.165, 1.54) is 0 Å². The Hall–Kier alpha value is -1.75. The molecule has 0 aromatic heterocycles. The lowest BCUT2D eigenvalue weighted by Gasteiger charge is -2.39. The monoisotopic (exact) mass is 479 g/mol. The van der Waals surface area contributed by atoms with Gasteiger partial charge in [-0.25, -0.2) is 0 Å². The van der Waals surface area contributed by atoms with E-state index in [0.717, 1.165) is 16.9 Å². The summed E-state index contributed by atoms with van der Waals surface area (Å²) in [6.45, 7) is 5.15. The number of benzene rings is 2. The average Bonchev–Trinajstić information content (AvgIpc) is 2.83. The molecule has 0 amide bonds. The van der Waals surface area contributed by atoms with Crippen LogP contribution in [0.15, 0.2) is 42.5 Å². The average molecular weight is 480 g/mol. The van der Waals surface area contributed by atoms with Crippen LogP contribution in [0.3, 0.4) is 0 Å². The molecule has 33 heavy (non-hydrogen) atoms. The van der Waals surface area contributed by atoms with Gasteiger partial charge in [-0.05, 0) is 47.9 Å². The molecule has 0 spiro atoms. The SMILES string of the molecule is CCOc1ccc(C(c2cc([C@@H]3O[C@H](O)[C@@H](O)[C@H](O)[C@H]3O)ccc2Cl)N2CCOCC2)cc1. The van der Waals surface area contributed by atoms with Crippen LogP contribution in [0, 0.1) is 0 Å². The van der Waals surface area contributed by atoms with Gasteiger partial charge in [0.2, 0.25) is 0 Å². The van der Waals surface area contributed by atoms with Gasteiger partial charge in [0.1, 0.15) is 30.2 Å². The molecule has 0 saturated carbocycles. The zero-order valence-electron chi connectivity index (χ0n) is 18.4. The fourth-order valence-corrected chi connectivity index (χ4v) is 4.64. The van der Waals surface area contributed by atoms with Crippen LogP contribution in [-0.4, -0.2) is 82.8 Å². The van der Waals surface area contributed by atoms with Gasteiger partial charge >= 0.3 is 0 Å². The van der Waals surface area contributed by atoms with Gasteiger partial charge in [0.05, 0.1) is 25.9 Å². The van der Waals surface area contributed by atoms with Crippen molar-refractivity contribution in [1.82, 2.24) is 4.90 Å². The Bertz CT molecular complexity index is 922. The zero-order chi connectivity index (χ0) is 23.5. The van der Waals surface area contributed by atoms with Crippen molar-refractivity contribution in [2.24, 2.45) is 0 Å². The number of halogens is 1. The summed E-state index contributed by atoms with van der Waals surface area (Å²) in [5.41, 5.74) is 2.35. The van der Waals surface area contributed by atoms with Crippen LogP contribution in [0.1, 0.15) is 35.8 Å². The van der Waals surface area contributed by atoms with E-state index < -0.39 is 30.7 Å².